The predicted molar refractivity (Wildman–Crippen MR) is 116 cm³/mol. The minimum absolute atomic E-state index is 0.164. The van der Waals surface area contributed by atoms with Crippen molar-refractivity contribution in [3.05, 3.63) is 47.2 Å². The number of methoxy groups -OCH3 is 2. The Morgan fingerprint density at radius 3 is 2.23 bits per heavy atom. The van der Waals surface area contributed by atoms with Gasteiger partial charge in [0.1, 0.15) is 11.8 Å². The van der Waals surface area contributed by atoms with Gasteiger partial charge in [0.2, 0.25) is 17.7 Å². The van der Waals surface area contributed by atoms with E-state index in [9.17, 15) is 24.0 Å². The van der Waals surface area contributed by atoms with Gasteiger partial charge in [0.25, 0.3) is 11.5 Å². The second kappa shape index (κ2) is 7.38. The van der Waals surface area contributed by atoms with Gasteiger partial charge in [0.15, 0.2) is 0 Å². The van der Waals surface area contributed by atoms with Crippen molar-refractivity contribution in [2.45, 2.75) is 31.3 Å². The molecule has 1 aromatic rings. The lowest BCUT2D eigenvalue weighted by atomic mass is 9.73. The summed E-state index contributed by atoms with van der Waals surface area (Å²) in [5, 5.41) is 0. The van der Waals surface area contributed by atoms with Crippen molar-refractivity contribution >= 4 is 29.7 Å². The second-order valence-electron chi connectivity index (χ2n) is 8.90. The van der Waals surface area contributed by atoms with Crippen molar-refractivity contribution < 1.29 is 38.2 Å². The minimum atomic E-state index is -2.37. The Hall–Kier alpha value is -3.73. The van der Waals surface area contributed by atoms with Gasteiger partial charge in [-0.25, -0.2) is 9.59 Å². The van der Waals surface area contributed by atoms with Crippen LogP contribution in [-0.4, -0.2) is 83.6 Å². The van der Waals surface area contributed by atoms with E-state index in [1.807, 2.05) is 0 Å². The molecular weight excluding hydrogens is 458 g/mol. The van der Waals surface area contributed by atoms with Crippen molar-refractivity contribution in [2.24, 2.45) is 11.8 Å². The number of fused-ring (bicyclic) bond motifs is 3. The highest BCUT2D eigenvalue weighted by atomic mass is 16.6. The van der Waals surface area contributed by atoms with E-state index < -0.39 is 59.0 Å². The first-order chi connectivity index (χ1) is 16.6. The number of piperidine rings is 1. The monoisotopic (exact) mass is 483 g/mol. The minimum Gasteiger partial charge on any atom is -0.466 e. The van der Waals surface area contributed by atoms with E-state index >= 15 is 0 Å². The normalized spacial score (nSPS) is 33.3. The number of nitrogens with zero attached hydrogens (tertiary/aromatic N) is 3. The van der Waals surface area contributed by atoms with E-state index in [2.05, 4.69) is 0 Å². The highest BCUT2D eigenvalue weighted by Gasteiger charge is 2.88. The molecular formula is C24H25N3O8. The van der Waals surface area contributed by atoms with Crippen molar-refractivity contribution in [1.82, 2.24) is 14.7 Å². The number of rotatable bonds is 4. The number of carbonyl (C=O) groups excluding carboxylic acids is 5. The van der Waals surface area contributed by atoms with Crippen LogP contribution in [0, 0.1) is 11.8 Å². The molecule has 4 heterocycles. The van der Waals surface area contributed by atoms with Crippen LogP contribution in [0.15, 0.2) is 41.6 Å². The van der Waals surface area contributed by atoms with Gasteiger partial charge in [0.05, 0.1) is 25.8 Å². The van der Waals surface area contributed by atoms with Crippen LogP contribution in [0.1, 0.15) is 25.5 Å². The van der Waals surface area contributed by atoms with E-state index in [-0.39, 0.29) is 12.1 Å². The molecule has 35 heavy (non-hydrogen) atoms. The first-order valence-corrected chi connectivity index (χ1v) is 11.2. The zero-order chi connectivity index (χ0) is 25.4. The number of likely N-dealkylation sites (tertiary alicyclic amines) is 1. The second-order valence-corrected chi connectivity index (χ2v) is 8.90. The molecule has 2 bridgehead atoms. The topological polar surface area (TPSA) is 123 Å². The summed E-state index contributed by atoms with van der Waals surface area (Å²) in [7, 11) is 3.64. The molecule has 4 aliphatic rings. The molecule has 0 N–H and O–H groups in total. The molecule has 184 valence electrons. The zero-order valence-corrected chi connectivity index (χ0v) is 19.9. The third-order valence-corrected chi connectivity index (χ3v) is 7.60. The molecule has 3 unspecified atom stereocenters. The standard InChI is InChI=1S/C24H25N3O8/c1-6-26-12(2)14(20(30)33-4)17(13-10-8-7-9-11-13)27-21(31)23(22(32)34-5)15-16(24(26,27)35-23)19(29)25(3)18(15)28/h7-11,15-17H,6H2,1-5H3/t15?,16?,17?,23-,24+/m1/s1. The average molecular weight is 483 g/mol. The molecule has 0 aromatic heterocycles. The molecule has 4 aliphatic heterocycles. The van der Waals surface area contributed by atoms with Crippen molar-refractivity contribution in [3.8, 4) is 0 Å². The number of ether oxygens (including phenoxy) is 3. The highest BCUT2D eigenvalue weighted by Crippen LogP contribution is 2.65. The van der Waals surface area contributed by atoms with Gasteiger partial charge >= 0.3 is 11.9 Å². The molecule has 0 radical (unpaired) electrons. The van der Waals surface area contributed by atoms with Gasteiger partial charge in [-0.3, -0.25) is 24.2 Å². The lowest BCUT2D eigenvalue weighted by Gasteiger charge is -2.55. The molecule has 1 aromatic carbocycles. The quantitative estimate of drug-likeness (QED) is 0.335. The Balaban J connectivity index is 1.87. The Morgan fingerprint density at radius 2 is 1.66 bits per heavy atom. The van der Waals surface area contributed by atoms with Crippen LogP contribution in [0.2, 0.25) is 0 Å². The summed E-state index contributed by atoms with van der Waals surface area (Å²) < 4.78 is 16.4. The predicted octanol–water partition coefficient (Wildman–Crippen LogP) is 0.179. The first kappa shape index (κ1) is 23.0. The Morgan fingerprint density at radius 1 is 1.03 bits per heavy atom. The number of esters is 2. The zero-order valence-electron chi connectivity index (χ0n) is 19.9. The van der Waals surface area contributed by atoms with Gasteiger partial charge in [-0.15, -0.1) is 0 Å². The van der Waals surface area contributed by atoms with E-state index in [1.54, 1.807) is 49.1 Å². The fraction of sp³-hybridized carbons (Fsp3) is 0.458. The van der Waals surface area contributed by atoms with E-state index in [4.69, 9.17) is 14.2 Å². The van der Waals surface area contributed by atoms with Gasteiger partial charge in [-0.2, -0.15) is 0 Å². The van der Waals surface area contributed by atoms with Crippen molar-refractivity contribution in [1.29, 1.82) is 0 Å². The number of imide groups is 1. The van der Waals surface area contributed by atoms with E-state index in [0.717, 1.165) is 12.0 Å². The van der Waals surface area contributed by atoms with Crippen LogP contribution in [0.3, 0.4) is 0 Å². The lowest BCUT2D eigenvalue weighted by molar-refractivity contribution is -0.224. The first-order valence-electron chi connectivity index (χ1n) is 11.2. The van der Waals surface area contributed by atoms with Crippen LogP contribution < -0.4 is 0 Å². The van der Waals surface area contributed by atoms with Crippen LogP contribution in [-0.2, 0) is 38.2 Å². The summed E-state index contributed by atoms with van der Waals surface area (Å²) in [6, 6.07) is 7.69. The Bertz CT molecular complexity index is 1210. The number of allylic oxidation sites excluding steroid dienone is 1. The summed E-state index contributed by atoms with van der Waals surface area (Å²) in [6.07, 6.45) is 0. The molecule has 3 amide bonds. The van der Waals surface area contributed by atoms with Gasteiger partial charge in [-0.1, -0.05) is 30.3 Å². The Kier molecular flexibility index (Phi) is 4.86. The maximum atomic E-state index is 14.2. The van der Waals surface area contributed by atoms with Crippen LogP contribution in [0.4, 0.5) is 0 Å². The number of carbonyl (C=O) groups is 5. The van der Waals surface area contributed by atoms with Gasteiger partial charge in [0, 0.05) is 19.3 Å². The highest BCUT2D eigenvalue weighted by molar-refractivity contribution is 6.19. The lowest BCUT2D eigenvalue weighted by Crippen LogP contribution is -2.70. The maximum Gasteiger partial charge on any atom is 0.349 e. The molecule has 1 spiro atoms. The summed E-state index contributed by atoms with van der Waals surface area (Å²) in [6.45, 7) is 3.63. The number of benzene rings is 1. The molecule has 5 atom stereocenters. The van der Waals surface area contributed by atoms with Gasteiger partial charge < -0.3 is 19.1 Å². The number of hydrogen-bond acceptors (Lipinski definition) is 9. The molecule has 3 saturated heterocycles. The molecule has 0 aliphatic carbocycles. The van der Waals surface area contributed by atoms with E-state index in [1.165, 1.54) is 19.1 Å². The molecule has 11 nitrogen and oxygen atoms in total. The summed E-state index contributed by atoms with van der Waals surface area (Å²) in [4.78, 5) is 71.0. The maximum absolute atomic E-state index is 14.2. The fourth-order valence-corrected chi connectivity index (χ4v) is 6.22. The third kappa shape index (κ3) is 2.41. The van der Waals surface area contributed by atoms with Crippen LogP contribution in [0.5, 0.6) is 0 Å². The van der Waals surface area contributed by atoms with Crippen molar-refractivity contribution in [2.75, 3.05) is 27.8 Å². The number of hydrogen-bond donors (Lipinski definition) is 0. The third-order valence-electron chi connectivity index (χ3n) is 7.60. The summed E-state index contributed by atoms with van der Waals surface area (Å²) >= 11 is 0. The summed E-state index contributed by atoms with van der Waals surface area (Å²) in [5.74, 6) is -8.29. The summed E-state index contributed by atoms with van der Waals surface area (Å²) in [5.41, 5.74) is -1.25. The number of amides is 3. The van der Waals surface area contributed by atoms with Gasteiger partial charge in [-0.05, 0) is 19.4 Å². The molecule has 11 heteroatoms. The fourth-order valence-electron chi connectivity index (χ4n) is 6.22. The SMILES string of the molecule is CCN1C(C)=C(C(=O)OC)C(c2ccccc2)N2C(=O)[C@]3(C(=O)OC)O[C@@]12C1C(=O)N(C)C(=O)C13. The van der Waals surface area contributed by atoms with Crippen LogP contribution >= 0.6 is 0 Å². The molecule has 3 fully saturated rings. The van der Waals surface area contributed by atoms with Crippen molar-refractivity contribution in [3.63, 3.8) is 0 Å². The van der Waals surface area contributed by atoms with Crippen LogP contribution in [0.25, 0.3) is 0 Å². The molecule has 0 saturated carbocycles. The average Bonchev–Trinajstić information content (AvgIpc) is 3.41. The molecule has 5 rings (SSSR count). The van der Waals surface area contributed by atoms with E-state index in [0.29, 0.717) is 11.3 Å². The largest absolute Gasteiger partial charge is 0.466 e. The Labute approximate surface area is 201 Å². The smallest absolute Gasteiger partial charge is 0.349 e.